The van der Waals surface area contributed by atoms with Gasteiger partial charge in [0.05, 0.1) is 12.1 Å². The van der Waals surface area contributed by atoms with Gasteiger partial charge in [-0.05, 0) is 55.4 Å². The number of hydrogen-bond acceptors (Lipinski definition) is 4. The number of carbonyl (C=O) groups is 2. The molecule has 7 nitrogen and oxygen atoms in total. The lowest BCUT2D eigenvalue weighted by Gasteiger charge is -2.40. The number of nitriles is 1. The lowest BCUT2D eigenvalue weighted by molar-refractivity contribution is -0.134. The summed E-state index contributed by atoms with van der Waals surface area (Å²) in [5.41, 5.74) is 2.93. The van der Waals surface area contributed by atoms with E-state index in [9.17, 15) is 9.59 Å². The van der Waals surface area contributed by atoms with Crippen LogP contribution in [0.5, 0.6) is 0 Å². The molecule has 7 heteroatoms. The van der Waals surface area contributed by atoms with Gasteiger partial charge in [0.25, 0.3) is 0 Å². The number of anilines is 1. The molecule has 2 N–H and O–H groups in total. The van der Waals surface area contributed by atoms with Crippen molar-refractivity contribution in [2.45, 2.75) is 64.5 Å². The van der Waals surface area contributed by atoms with E-state index in [2.05, 4.69) is 35.2 Å². The van der Waals surface area contributed by atoms with E-state index < -0.39 is 0 Å². The predicted octanol–water partition coefficient (Wildman–Crippen LogP) is 4.00. The number of H-pyrrole nitrogens is 1. The molecule has 1 aliphatic carbocycles. The largest absolute Gasteiger partial charge is 0.346 e. The molecule has 3 heterocycles. The number of nitrogens with one attached hydrogen (secondary N) is 2. The van der Waals surface area contributed by atoms with Crippen LogP contribution in [-0.2, 0) is 9.59 Å². The van der Waals surface area contributed by atoms with Gasteiger partial charge in [-0.1, -0.05) is 19.9 Å². The van der Waals surface area contributed by atoms with Crippen LogP contribution in [0.3, 0.4) is 0 Å². The van der Waals surface area contributed by atoms with E-state index in [4.69, 9.17) is 5.26 Å². The molecule has 0 radical (unpaired) electrons. The average Bonchev–Trinajstić information content (AvgIpc) is 3.50. The van der Waals surface area contributed by atoms with E-state index in [-0.39, 0.29) is 36.2 Å². The Bertz CT molecular complexity index is 1040. The minimum Gasteiger partial charge on any atom is -0.346 e. The maximum Gasteiger partial charge on any atom is 0.237 e. The van der Waals surface area contributed by atoms with Gasteiger partial charge in [-0.25, -0.2) is 4.98 Å². The number of aromatic nitrogens is 2. The summed E-state index contributed by atoms with van der Waals surface area (Å²) in [6, 6.07) is 5.94. The molecule has 0 bridgehead atoms. The molecule has 2 amide bonds. The van der Waals surface area contributed by atoms with E-state index in [1.807, 2.05) is 29.3 Å². The molecule has 2 aliphatic rings. The van der Waals surface area contributed by atoms with Gasteiger partial charge >= 0.3 is 0 Å². The number of fused-ring (bicyclic) bond motifs is 1. The van der Waals surface area contributed by atoms with Crippen LogP contribution >= 0.6 is 0 Å². The van der Waals surface area contributed by atoms with Crippen molar-refractivity contribution in [2.24, 2.45) is 5.92 Å². The van der Waals surface area contributed by atoms with E-state index >= 15 is 0 Å². The molecule has 30 heavy (non-hydrogen) atoms. The zero-order valence-electron chi connectivity index (χ0n) is 17.4. The van der Waals surface area contributed by atoms with Crippen LogP contribution in [0.25, 0.3) is 16.6 Å². The van der Waals surface area contributed by atoms with Crippen LogP contribution in [-0.4, -0.2) is 38.8 Å². The first kappa shape index (κ1) is 20.1. The summed E-state index contributed by atoms with van der Waals surface area (Å²) in [5, 5.41) is 13.0. The van der Waals surface area contributed by atoms with Crippen molar-refractivity contribution in [3.63, 3.8) is 0 Å². The topological polar surface area (TPSA) is 102 Å². The molecule has 2 atom stereocenters. The molecule has 4 rings (SSSR count). The summed E-state index contributed by atoms with van der Waals surface area (Å²) < 4.78 is 0. The minimum atomic E-state index is -0.106. The molecule has 1 saturated carbocycles. The van der Waals surface area contributed by atoms with Crippen LogP contribution in [0.2, 0.25) is 0 Å². The number of amides is 2. The quantitative estimate of drug-likeness (QED) is 0.758. The number of carbonyl (C=O) groups excluding carboxylic acids is 2. The first-order valence-corrected chi connectivity index (χ1v) is 10.7. The Hall–Kier alpha value is -3.14. The summed E-state index contributed by atoms with van der Waals surface area (Å²) in [6.07, 6.45) is 8.11. The monoisotopic (exact) mass is 405 g/mol. The van der Waals surface area contributed by atoms with Gasteiger partial charge in [0.1, 0.15) is 17.9 Å². The number of pyridine rings is 1. The van der Waals surface area contributed by atoms with Crippen molar-refractivity contribution < 1.29 is 9.59 Å². The molecule has 2 unspecified atom stereocenters. The third kappa shape index (κ3) is 3.82. The molecule has 0 aromatic carbocycles. The van der Waals surface area contributed by atoms with Crippen LogP contribution in [0, 0.1) is 17.2 Å². The Balaban J connectivity index is 1.73. The summed E-state index contributed by atoms with van der Waals surface area (Å²) in [7, 11) is 0. The van der Waals surface area contributed by atoms with Gasteiger partial charge in [0, 0.05) is 23.5 Å². The smallest absolute Gasteiger partial charge is 0.237 e. The minimum absolute atomic E-state index is 0.0307. The Labute approximate surface area is 176 Å². The summed E-state index contributed by atoms with van der Waals surface area (Å²) >= 11 is 0. The normalized spacial score (nSPS) is 21.2. The SMILES string of the molecule is CCC1C=C(c2cc(NC(=O)C3CC3)nc3[nH]ccc23)CC(CC)N1C(=O)CC#N. The maximum absolute atomic E-state index is 12.6. The Kier molecular flexibility index (Phi) is 5.58. The van der Waals surface area contributed by atoms with Gasteiger partial charge in [-0.15, -0.1) is 0 Å². The van der Waals surface area contributed by atoms with E-state index in [0.29, 0.717) is 12.2 Å². The highest BCUT2D eigenvalue weighted by atomic mass is 16.2. The van der Waals surface area contributed by atoms with Gasteiger partial charge < -0.3 is 15.2 Å². The first-order valence-electron chi connectivity index (χ1n) is 10.7. The fraction of sp³-hybridized carbons (Fsp3) is 0.478. The Morgan fingerprint density at radius 2 is 2.13 bits per heavy atom. The van der Waals surface area contributed by atoms with Crippen molar-refractivity contribution in [2.75, 3.05) is 5.32 Å². The predicted molar refractivity (Wildman–Crippen MR) is 115 cm³/mol. The zero-order chi connectivity index (χ0) is 21.3. The third-order valence-corrected chi connectivity index (χ3v) is 6.08. The van der Waals surface area contributed by atoms with Crippen molar-refractivity contribution in [3.05, 3.63) is 30.0 Å². The van der Waals surface area contributed by atoms with Crippen LogP contribution in [0.1, 0.15) is 57.9 Å². The van der Waals surface area contributed by atoms with E-state index in [1.165, 1.54) is 0 Å². The third-order valence-electron chi connectivity index (χ3n) is 6.08. The molecular formula is C23H27N5O2. The first-order chi connectivity index (χ1) is 14.5. The summed E-state index contributed by atoms with van der Waals surface area (Å²) in [4.78, 5) is 34.5. The number of hydrogen-bond donors (Lipinski definition) is 2. The Morgan fingerprint density at radius 1 is 1.33 bits per heavy atom. The van der Waals surface area contributed by atoms with Crippen LogP contribution in [0.4, 0.5) is 5.82 Å². The highest BCUT2D eigenvalue weighted by molar-refractivity contribution is 5.97. The molecule has 0 saturated heterocycles. The van der Waals surface area contributed by atoms with Crippen molar-refractivity contribution >= 4 is 34.2 Å². The van der Waals surface area contributed by atoms with Gasteiger partial charge in [0.2, 0.25) is 11.8 Å². The van der Waals surface area contributed by atoms with Crippen molar-refractivity contribution in [1.82, 2.24) is 14.9 Å². The maximum atomic E-state index is 12.6. The van der Waals surface area contributed by atoms with Gasteiger partial charge in [0.15, 0.2) is 0 Å². The Morgan fingerprint density at radius 3 is 2.80 bits per heavy atom. The van der Waals surface area contributed by atoms with E-state index in [1.54, 1.807) is 0 Å². The molecule has 156 valence electrons. The van der Waals surface area contributed by atoms with Crippen molar-refractivity contribution in [3.8, 4) is 6.07 Å². The number of rotatable bonds is 6. The van der Waals surface area contributed by atoms with Crippen LogP contribution < -0.4 is 5.32 Å². The molecular weight excluding hydrogens is 378 g/mol. The molecule has 2 aromatic heterocycles. The highest BCUT2D eigenvalue weighted by Crippen LogP contribution is 2.37. The molecule has 1 aliphatic heterocycles. The van der Waals surface area contributed by atoms with E-state index in [0.717, 1.165) is 47.9 Å². The number of aromatic amines is 1. The average molecular weight is 406 g/mol. The second-order valence-corrected chi connectivity index (χ2v) is 8.13. The van der Waals surface area contributed by atoms with Gasteiger partial charge in [-0.2, -0.15) is 5.26 Å². The zero-order valence-corrected chi connectivity index (χ0v) is 17.4. The summed E-state index contributed by atoms with van der Waals surface area (Å²) in [6.45, 7) is 4.13. The molecule has 1 fully saturated rings. The number of nitrogens with zero attached hydrogens (tertiary/aromatic N) is 3. The highest BCUT2D eigenvalue weighted by Gasteiger charge is 2.33. The second-order valence-electron chi connectivity index (χ2n) is 8.13. The second kappa shape index (κ2) is 8.31. The standard InChI is InChI=1S/C23H27N5O2/c1-3-16-11-15(12-17(4-2)28(16)21(29)7-9-24)19-13-20(27-23(30)14-5-6-14)26-22-18(19)8-10-25-22/h8,10-11,13-14,16-17H,3-7,12H2,1-2H3,(H2,25,26,27,30). The molecule has 2 aromatic rings. The van der Waals surface area contributed by atoms with Crippen molar-refractivity contribution in [1.29, 1.82) is 5.26 Å². The molecule has 0 spiro atoms. The lowest BCUT2D eigenvalue weighted by atomic mass is 9.87. The van der Waals surface area contributed by atoms with Crippen LogP contribution in [0.15, 0.2) is 24.4 Å². The van der Waals surface area contributed by atoms with Gasteiger partial charge in [-0.3, -0.25) is 9.59 Å². The lowest BCUT2D eigenvalue weighted by Crippen LogP contribution is -2.48. The fourth-order valence-electron chi connectivity index (χ4n) is 4.35. The summed E-state index contributed by atoms with van der Waals surface area (Å²) in [5.74, 6) is 0.590. The fourth-order valence-corrected chi connectivity index (χ4v) is 4.35.